The van der Waals surface area contributed by atoms with E-state index in [2.05, 4.69) is 15.5 Å². The third kappa shape index (κ3) is 3.50. The first-order chi connectivity index (χ1) is 10.5. The number of carbonyl (C=O) groups excluding carboxylic acids is 2. The summed E-state index contributed by atoms with van der Waals surface area (Å²) in [5, 5.41) is 18.2. The van der Waals surface area contributed by atoms with Gasteiger partial charge in [0, 0.05) is 5.56 Å². The largest absolute Gasteiger partial charge is 0.344 e. The molecule has 116 valence electrons. The van der Waals surface area contributed by atoms with Crippen molar-refractivity contribution in [3.8, 4) is 0 Å². The topological polar surface area (TPSA) is 107 Å². The summed E-state index contributed by atoms with van der Waals surface area (Å²) in [6.07, 6.45) is 0.748. The van der Waals surface area contributed by atoms with E-state index in [4.69, 9.17) is 5.21 Å². The average molecular weight is 302 g/mol. The quantitative estimate of drug-likeness (QED) is 0.497. The van der Waals surface area contributed by atoms with Crippen LogP contribution in [0, 0.1) is 0 Å². The number of amides is 2. The summed E-state index contributed by atoms with van der Waals surface area (Å²) in [5.74, 6) is -0.863. The van der Waals surface area contributed by atoms with Gasteiger partial charge in [0.25, 0.3) is 11.8 Å². The highest BCUT2D eigenvalue weighted by Gasteiger charge is 2.15. The monoisotopic (exact) mass is 302 g/mol. The molecule has 0 spiro atoms. The lowest BCUT2D eigenvalue weighted by molar-refractivity contribution is 0.0706. The fourth-order valence-electron chi connectivity index (χ4n) is 2.03. The molecule has 2 rings (SSSR count). The number of aromatic amines is 1. The Morgan fingerprint density at radius 1 is 1.32 bits per heavy atom. The normalized spacial score (nSPS) is 11.8. The number of aromatic nitrogens is 2. The first kappa shape index (κ1) is 15.7. The van der Waals surface area contributed by atoms with Gasteiger partial charge >= 0.3 is 0 Å². The van der Waals surface area contributed by atoms with E-state index >= 15 is 0 Å². The molecule has 0 aliphatic heterocycles. The highest BCUT2D eigenvalue weighted by Crippen LogP contribution is 2.15. The molecule has 0 aliphatic carbocycles. The smallest absolute Gasteiger partial charge is 0.274 e. The van der Waals surface area contributed by atoms with Crippen LogP contribution >= 0.6 is 0 Å². The number of carbonyl (C=O) groups is 2. The minimum absolute atomic E-state index is 0.267. The Balaban J connectivity index is 2.09. The maximum Gasteiger partial charge on any atom is 0.274 e. The van der Waals surface area contributed by atoms with Gasteiger partial charge in [0.05, 0.1) is 11.7 Å². The maximum atomic E-state index is 12.1. The van der Waals surface area contributed by atoms with Crippen LogP contribution in [0.25, 0.3) is 0 Å². The third-order valence-corrected chi connectivity index (χ3v) is 3.34. The van der Waals surface area contributed by atoms with E-state index < -0.39 is 5.91 Å². The number of hydrogen-bond donors (Lipinski definition) is 4. The van der Waals surface area contributed by atoms with Crippen molar-refractivity contribution in [3.63, 3.8) is 0 Å². The van der Waals surface area contributed by atoms with Gasteiger partial charge in [-0.25, -0.2) is 5.48 Å². The Labute approximate surface area is 127 Å². The van der Waals surface area contributed by atoms with E-state index in [1.807, 2.05) is 13.8 Å². The van der Waals surface area contributed by atoms with E-state index in [9.17, 15) is 9.59 Å². The first-order valence-electron chi connectivity index (χ1n) is 6.94. The van der Waals surface area contributed by atoms with Gasteiger partial charge in [-0.05, 0) is 37.1 Å². The fourth-order valence-corrected chi connectivity index (χ4v) is 2.03. The van der Waals surface area contributed by atoms with Gasteiger partial charge in [-0.1, -0.05) is 19.1 Å². The van der Waals surface area contributed by atoms with E-state index in [0.717, 1.165) is 17.7 Å². The number of hydrogen-bond acceptors (Lipinski definition) is 4. The minimum Gasteiger partial charge on any atom is -0.344 e. The molecule has 2 amide bonds. The zero-order valence-corrected chi connectivity index (χ0v) is 12.4. The second-order valence-electron chi connectivity index (χ2n) is 4.89. The van der Waals surface area contributed by atoms with Crippen LogP contribution in [0.1, 0.15) is 52.0 Å². The fraction of sp³-hybridized carbons (Fsp3) is 0.267. The summed E-state index contributed by atoms with van der Waals surface area (Å²) in [6, 6.07) is 8.08. The maximum absolute atomic E-state index is 12.1. The Bertz CT molecular complexity index is 681. The third-order valence-electron chi connectivity index (χ3n) is 3.34. The zero-order chi connectivity index (χ0) is 16.1. The Kier molecular flexibility index (Phi) is 4.90. The summed E-state index contributed by atoms with van der Waals surface area (Å²) >= 11 is 0. The van der Waals surface area contributed by atoms with Crippen LogP contribution in [-0.2, 0) is 6.42 Å². The molecule has 1 atom stereocenters. The van der Waals surface area contributed by atoms with Crippen LogP contribution in [-0.4, -0.2) is 27.2 Å². The van der Waals surface area contributed by atoms with Crippen molar-refractivity contribution in [2.75, 3.05) is 0 Å². The Morgan fingerprint density at radius 2 is 2.09 bits per heavy atom. The minimum atomic E-state index is -0.596. The van der Waals surface area contributed by atoms with E-state index in [0.29, 0.717) is 11.3 Å². The van der Waals surface area contributed by atoms with Gasteiger partial charge in [-0.15, -0.1) is 0 Å². The molecule has 4 N–H and O–H groups in total. The molecule has 7 nitrogen and oxygen atoms in total. The number of benzene rings is 1. The zero-order valence-electron chi connectivity index (χ0n) is 12.4. The molecule has 1 unspecified atom stereocenters. The van der Waals surface area contributed by atoms with Crippen molar-refractivity contribution in [2.24, 2.45) is 0 Å². The Hall–Kier alpha value is -2.67. The molecule has 1 aromatic heterocycles. The SMILES string of the molecule is CCc1cc(C(=O)NC(C)c2cccc(C(=O)NO)c2)[nH]n1. The highest BCUT2D eigenvalue weighted by molar-refractivity contribution is 5.94. The molecule has 0 saturated carbocycles. The lowest BCUT2D eigenvalue weighted by Gasteiger charge is -2.14. The van der Waals surface area contributed by atoms with Crippen molar-refractivity contribution in [3.05, 3.63) is 52.8 Å². The van der Waals surface area contributed by atoms with Crippen molar-refractivity contribution in [1.82, 2.24) is 21.0 Å². The summed E-state index contributed by atoms with van der Waals surface area (Å²) in [4.78, 5) is 23.5. The number of H-pyrrole nitrogens is 1. The molecule has 7 heteroatoms. The summed E-state index contributed by atoms with van der Waals surface area (Å²) < 4.78 is 0. The van der Waals surface area contributed by atoms with Gasteiger partial charge in [-0.3, -0.25) is 19.9 Å². The summed E-state index contributed by atoms with van der Waals surface area (Å²) in [5.41, 5.74) is 3.87. The predicted molar refractivity (Wildman–Crippen MR) is 79.5 cm³/mol. The summed E-state index contributed by atoms with van der Waals surface area (Å²) in [6.45, 7) is 3.77. The van der Waals surface area contributed by atoms with Crippen molar-refractivity contribution in [2.45, 2.75) is 26.3 Å². The van der Waals surface area contributed by atoms with Crippen molar-refractivity contribution < 1.29 is 14.8 Å². The number of rotatable bonds is 5. The van der Waals surface area contributed by atoms with Gasteiger partial charge in [0.2, 0.25) is 0 Å². The number of aryl methyl sites for hydroxylation is 1. The van der Waals surface area contributed by atoms with Gasteiger partial charge in [0.15, 0.2) is 0 Å². The number of nitrogens with zero attached hydrogens (tertiary/aromatic N) is 1. The first-order valence-corrected chi connectivity index (χ1v) is 6.94. The predicted octanol–water partition coefficient (Wildman–Crippen LogP) is 1.58. The lowest BCUT2D eigenvalue weighted by atomic mass is 10.0. The lowest BCUT2D eigenvalue weighted by Crippen LogP contribution is -2.27. The van der Waals surface area contributed by atoms with Crippen LogP contribution in [0.2, 0.25) is 0 Å². The van der Waals surface area contributed by atoms with Crippen molar-refractivity contribution >= 4 is 11.8 Å². The van der Waals surface area contributed by atoms with Crippen molar-refractivity contribution in [1.29, 1.82) is 0 Å². The molecule has 0 bridgehead atoms. The van der Waals surface area contributed by atoms with Crippen LogP contribution in [0.15, 0.2) is 30.3 Å². The molecule has 22 heavy (non-hydrogen) atoms. The highest BCUT2D eigenvalue weighted by atomic mass is 16.5. The van der Waals surface area contributed by atoms with Crippen LogP contribution in [0.3, 0.4) is 0 Å². The van der Waals surface area contributed by atoms with Crippen LogP contribution in [0.5, 0.6) is 0 Å². The molecular formula is C15H18N4O3. The van der Waals surface area contributed by atoms with Crippen LogP contribution < -0.4 is 10.8 Å². The second kappa shape index (κ2) is 6.86. The number of nitrogens with one attached hydrogen (secondary N) is 3. The summed E-state index contributed by atoms with van der Waals surface area (Å²) in [7, 11) is 0. The number of hydroxylamine groups is 1. The molecule has 0 fully saturated rings. The van der Waals surface area contributed by atoms with Gasteiger partial charge in [0.1, 0.15) is 5.69 Å². The van der Waals surface area contributed by atoms with Gasteiger partial charge < -0.3 is 5.32 Å². The van der Waals surface area contributed by atoms with Gasteiger partial charge in [-0.2, -0.15) is 5.10 Å². The molecule has 1 aromatic carbocycles. The molecule has 0 aliphatic rings. The van der Waals surface area contributed by atoms with E-state index in [1.165, 1.54) is 0 Å². The molecule has 2 aromatic rings. The van der Waals surface area contributed by atoms with E-state index in [1.54, 1.807) is 35.8 Å². The molecule has 0 radical (unpaired) electrons. The Morgan fingerprint density at radius 3 is 2.73 bits per heavy atom. The standard InChI is InChI=1S/C15H18N4O3/c1-3-12-8-13(18-17-12)15(21)16-9(2)10-5-4-6-11(7-10)14(20)19-22/h4-9,22H,3H2,1-2H3,(H,16,21)(H,17,18)(H,19,20). The van der Waals surface area contributed by atoms with Crippen LogP contribution in [0.4, 0.5) is 0 Å². The molecule has 0 saturated heterocycles. The molecule has 1 heterocycles. The molecular weight excluding hydrogens is 284 g/mol. The second-order valence-corrected chi connectivity index (χ2v) is 4.89. The average Bonchev–Trinajstić information content (AvgIpc) is 3.03. The van der Waals surface area contributed by atoms with E-state index in [-0.39, 0.29) is 11.9 Å².